The highest BCUT2D eigenvalue weighted by molar-refractivity contribution is 5.96. The van der Waals surface area contributed by atoms with Crippen LogP contribution in [0.15, 0.2) is 12.2 Å². The number of carbonyl (C=O) groups is 2. The zero-order valence-electron chi connectivity index (χ0n) is 13.1. The largest absolute Gasteiger partial charge is 0.478 e. The lowest BCUT2D eigenvalue weighted by Gasteiger charge is -2.06. The molecule has 0 aromatic heterocycles. The van der Waals surface area contributed by atoms with E-state index in [2.05, 4.69) is 0 Å². The second-order valence-corrected chi connectivity index (χ2v) is 4.59. The molecule has 1 aromatic rings. The molecule has 0 fully saturated rings. The molecule has 0 unspecified atom stereocenters. The van der Waals surface area contributed by atoms with Crippen LogP contribution in [0.2, 0.25) is 0 Å². The monoisotopic (exact) mass is 398 g/mol. The van der Waals surface area contributed by atoms with Crippen LogP contribution in [0, 0.1) is 40.5 Å². The molecule has 1 aromatic carbocycles. The molecule has 2 N–H and O–H groups in total. The molecular weight excluding hydrogens is 392 g/mol. The molecule has 0 amide bonds. The molecular formula is C12H6N4O12. The summed E-state index contributed by atoms with van der Waals surface area (Å²) >= 11 is 0. The number of benzene rings is 1. The van der Waals surface area contributed by atoms with Gasteiger partial charge in [-0.1, -0.05) is 0 Å². The number of nitro benzene ring substituents is 4. The zero-order valence-corrected chi connectivity index (χ0v) is 13.1. The molecule has 0 aliphatic carbocycles. The molecule has 0 spiro atoms. The fraction of sp³-hybridized carbons (Fsp3) is 0. The van der Waals surface area contributed by atoms with Crippen molar-refractivity contribution in [2.75, 3.05) is 0 Å². The summed E-state index contributed by atoms with van der Waals surface area (Å²) in [5.74, 6) is -3.52. The standard InChI is InChI=1S/C12H6N4O12/c17-7(18)3-1-5-9(13(21)22)11(15(25)26)6(2-4-8(19)20)12(16(27)28)10(5)14(23)24/h1-4H,(H,17,18)(H,19,20). The van der Waals surface area contributed by atoms with E-state index in [0.717, 1.165) is 0 Å². The third-order valence-corrected chi connectivity index (χ3v) is 2.98. The van der Waals surface area contributed by atoms with Gasteiger partial charge in [0, 0.05) is 12.2 Å². The molecule has 0 aliphatic rings. The van der Waals surface area contributed by atoms with Gasteiger partial charge in [0.25, 0.3) is 0 Å². The minimum absolute atomic E-state index is 0.148. The van der Waals surface area contributed by atoms with Crippen molar-refractivity contribution in [1.29, 1.82) is 0 Å². The SMILES string of the molecule is O=C(O)C=Cc1c([N+](=O)[O-])c([N+](=O)[O-])c(C=CC(=O)O)c([N+](=O)[O-])c1[N+](=O)[O-]. The molecule has 0 saturated carbocycles. The first-order chi connectivity index (χ1) is 12.9. The Labute approximate surface area is 151 Å². The molecule has 0 aliphatic heterocycles. The molecule has 146 valence electrons. The van der Waals surface area contributed by atoms with Crippen LogP contribution in [0.4, 0.5) is 22.7 Å². The van der Waals surface area contributed by atoms with Gasteiger partial charge in [-0.3, -0.25) is 40.5 Å². The van der Waals surface area contributed by atoms with E-state index in [1.807, 2.05) is 0 Å². The van der Waals surface area contributed by atoms with Crippen molar-refractivity contribution >= 4 is 46.8 Å². The topological polar surface area (TPSA) is 247 Å². The average Bonchev–Trinajstić information content (AvgIpc) is 2.55. The van der Waals surface area contributed by atoms with E-state index in [1.165, 1.54) is 0 Å². The van der Waals surface area contributed by atoms with Crippen LogP contribution in [-0.4, -0.2) is 41.8 Å². The predicted molar refractivity (Wildman–Crippen MR) is 86.4 cm³/mol. The van der Waals surface area contributed by atoms with Crippen LogP contribution in [0.5, 0.6) is 0 Å². The molecule has 28 heavy (non-hydrogen) atoms. The summed E-state index contributed by atoms with van der Waals surface area (Å²) in [6.07, 6.45) is 0.748. The van der Waals surface area contributed by atoms with E-state index in [1.54, 1.807) is 0 Å². The lowest BCUT2D eigenvalue weighted by atomic mass is 9.99. The van der Waals surface area contributed by atoms with Crippen molar-refractivity contribution in [2.45, 2.75) is 0 Å². The van der Waals surface area contributed by atoms with Crippen molar-refractivity contribution in [3.05, 3.63) is 63.7 Å². The van der Waals surface area contributed by atoms with Gasteiger partial charge >= 0.3 is 34.7 Å². The van der Waals surface area contributed by atoms with Gasteiger partial charge in [-0.05, 0) is 12.2 Å². The summed E-state index contributed by atoms with van der Waals surface area (Å²) in [6.45, 7) is 0. The van der Waals surface area contributed by atoms with Crippen LogP contribution in [0.25, 0.3) is 12.2 Å². The van der Waals surface area contributed by atoms with E-state index in [9.17, 15) is 50.0 Å². The van der Waals surface area contributed by atoms with Crippen LogP contribution in [0.3, 0.4) is 0 Å². The van der Waals surface area contributed by atoms with Crippen LogP contribution >= 0.6 is 0 Å². The number of aliphatic carboxylic acids is 2. The van der Waals surface area contributed by atoms with Gasteiger partial charge in [0.2, 0.25) is 0 Å². The quantitative estimate of drug-likeness (QED) is 0.359. The van der Waals surface area contributed by atoms with E-state index in [-0.39, 0.29) is 24.3 Å². The van der Waals surface area contributed by atoms with Gasteiger partial charge in [0.05, 0.1) is 19.7 Å². The van der Waals surface area contributed by atoms with Gasteiger partial charge in [0.15, 0.2) is 0 Å². The van der Waals surface area contributed by atoms with Crippen molar-refractivity contribution in [1.82, 2.24) is 0 Å². The average molecular weight is 398 g/mol. The highest BCUT2D eigenvalue weighted by atomic mass is 16.6. The molecule has 0 atom stereocenters. The third kappa shape index (κ3) is 4.25. The van der Waals surface area contributed by atoms with Gasteiger partial charge in [0.1, 0.15) is 11.1 Å². The zero-order chi connectivity index (χ0) is 21.8. The van der Waals surface area contributed by atoms with Crippen molar-refractivity contribution < 1.29 is 39.5 Å². The maximum Gasteiger partial charge on any atom is 0.361 e. The molecule has 16 nitrogen and oxygen atoms in total. The second-order valence-electron chi connectivity index (χ2n) is 4.59. The minimum Gasteiger partial charge on any atom is -0.478 e. The smallest absolute Gasteiger partial charge is 0.361 e. The Hall–Kier alpha value is -4.76. The van der Waals surface area contributed by atoms with E-state index in [4.69, 9.17) is 10.2 Å². The summed E-state index contributed by atoms with van der Waals surface area (Å²) in [4.78, 5) is 60.7. The normalized spacial score (nSPS) is 10.9. The number of carboxylic acids is 2. The fourth-order valence-electron chi connectivity index (χ4n) is 2.10. The maximum absolute atomic E-state index is 11.3. The Balaban J connectivity index is 4.41. The van der Waals surface area contributed by atoms with Crippen molar-refractivity contribution in [3.63, 3.8) is 0 Å². The first-order valence-electron chi connectivity index (χ1n) is 6.53. The number of rotatable bonds is 8. The Morgan fingerprint density at radius 3 is 0.964 bits per heavy atom. The highest BCUT2D eigenvalue weighted by Gasteiger charge is 2.46. The second kappa shape index (κ2) is 8.08. The third-order valence-electron chi connectivity index (χ3n) is 2.98. The summed E-state index contributed by atoms with van der Waals surface area (Å²) in [5.41, 5.74) is -9.11. The predicted octanol–water partition coefficient (Wildman–Crippen LogP) is 1.51. The molecule has 0 bridgehead atoms. The minimum atomic E-state index is -1.76. The maximum atomic E-state index is 11.3. The van der Waals surface area contributed by atoms with Gasteiger partial charge < -0.3 is 10.2 Å². The summed E-state index contributed by atoms with van der Waals surface area (Å²) in [5, 5.41) is 62.5. The number of nitro groups is 4. The lowest BCUT2D eigenvalue weighted by Crippen LogP contribution is -2.09. The molecule has 16 heteroatoms. The Morgan fingerprint density at radius 2 is 0.821 bits per heavy atom. The van der Waals surface area contributed by atoms with Crippen molar-refractivity contribution in [3.8, 4) is 0 Å². The van der Waals surface area contributed by atoms with Gasteiger partial charge in [-0.25, -0.2) is 9.59 Å². The molecule has 1 rings (SSSR count). The summed E-state index contributed by atoms with van der Waals surface area (Å²) in [6, 6.07) is 0. The molecule has 0 radical (unpaired) electrons. The Bertz CT molecular complexity index is 861. The van der Waals surface area contributed by atoms with Crippen LogP contribution in [0.1, 0.15) is 11.1 Å². The van der Waals surface area contributed by atoms with E-state index < -0.39 is 65.5 Å². The molecule has 0 heterocycles. The summed E-state index contributed by atoms with van der Waals surface area (Å²) < 4.78 is 0. The number of carboxylic acid groups (broad SMARTS) is 2. The van der Waals surface area contributed by atoms with E-state index in [0.29, 0.717) is 0 Å². The molecule has 0 saturated heterocycles. The van der Waals surface area contributed by atoms with Gasteiger partial charge in [-0.15, -0.1) is 0 Å². The van der Waals surface area contributed by atoms with Gasteiger partial charge in [-0.2, -0.15) is 0 Å². The highest BCUT2D eigenvalue weighted by Crippen LogP contribution is 2.48. The van der Waals surface area contributed by atoms with E-state index >= 15 is 0 Å². The Morgan fingerprint density at radius 1 is 0.607 bits per heavy atom. The van der Waals surface area contributed by atoms with Crippen LogP contribution < -0.4 is 0 Å². The fourth-order valence-corrected chi connectivity index (χ4v) is 2.10. The van der Waals surface area contributed by atoms with Crippen molar-refractivity contribution in [2.24, 2.45) is 0 Å². The Kier molecular flexibility index (Phi) is 6.14. The first kappa shape index (κ1) is 21.3. The summed E-state index contributed by atoms with van der Waals surface area (Å²) in [7, 11) is 0. The van der Waals surface area contributed by atoms with Crippen LogP contribution in [-0.2, 0) is 9.59 Å². The lowest BCUT2D eigenvalue weighted by molar-refractivity contribution is -0.434. The number of hydrogen-bond acceptors (Lipinski definition) is 10. The number of nitrogens with zero attached hydrogens (tertiary/aromatic N) is 4. The number of hydrogen-bond donors (Lipinski definition) is 2. The first-order valence-corrected chi connectivity index (χ1v) is 6.53.